The SMILES string of the molecule is CCCOC(C)Cc1ccc(C(=O)Nc2cccc(Oc3ccccc3OC(F)(F)F)c2)c(C)n1. The number of aryl methyl sites for hydroxylation is 1. The van der Waals surface area contributed by atoms with Gasteiger partial charge in [0, 0.05) is 30.5 Å². The number of nitrogens with zero attached hydrogens (tertiary/aromatic N) is 1. The third-order valence-electron chi connectivity index (χ3n) is 4.89. The highest BCUT2D eigenvalue weighted by molar-refractivity contribution is 6.05. The monoisotopic (exact) mass is 488 g/mol. The first-order valence-electron chi connectivity index (χ1n) is 11.2. The highest BCUT2D eigenvalue weighted by Gasteiger charge is 2.32. The maximum atomic E-state index is 12.8. The Morgan fingerprint density at radius 3 is 2.49 bits per heavy atom. The van der Waals surface area contributed by atoms with E-state index >= 15 is 0 Å². The van der Waals surface area contributed by atoms with Gasteiger partial charge >= 0.3 is 6.36 Å². The van der Waals surface area contributed by atoms with Crippen LogP contribution in [0.5, 0.6) is 17.2 Å². The van der Waals surface area contributed by atoms with Crippen molar-refractivity contribution >= 4 is 11.6 Å². The number of hydrogen-bond donors (Lipinski definition) is 1. The lowest BCUT2D eigenvalue weighted by atomic mass is 10.1. The molecule has 3 aromatic rings. The smallest absolute Gasteiger partial charge is 0.453 e. The summed E-state index contributed by atoms with van der Waals surface area (Å²) < 4.78 is 53.3. The minimum absolute atomic E-state index is 0.0240. The number of halogens is 3. The number of pyridine rings is 1. The molecule has 1 unspecified atom stereocenters. The van der Waals surface area contributed by atoms with Crippen LogP contribution in [0.15, 0.2) is 60.7 Å². The normalized spacial score (nSPS) is 12.2. The van der Waals surface area contributed by atoms with E-state index < -0.39 is 12.1 Å². The van der Waals surface area contributed by atoms with Crippen LogP contribution in [-0.4, -0.2) is 30.0 Å². The third kappa shape index (κ3) is 7.99. The Balaban J connectivity index is 1.69. The average Bonchev–Trinajstić information content (AvgIpc) is 2.78. The van der Waals surface area contributed by atoms with Crippen LogP contribution in [0.2, 0.25) is 0 Å². The predicted molar refractivity (Wildman–Crippen MR) is 126 cm³/mol. The highest BCUT2D eigenvalue weighted by atomic mass is 19.4. The van der Waals surface area contributed by atoms with Crippen molar-refractivity contribution in [1.82, 2.24) is 4.98 Å². The van der Waals surface area contributed by atoms with Crippen LogP contribution in [0.25, 0.3) is 0 Å². The number of nitrogens with one attached hydrogen (secondary N) is 1. The summed E-state index contributed by atoms with van der Waals surface area (Å²) >= 11 is 0. The van der Waals surface area contributed by atoms with Gasteiger partial charge in [-0.1, -0.05) is 25.1 Å². The topological polar surface area (TPSA) is 69.7 Å². The molecule has 0 aliphatic rings. The molecule has 0 bridgehead atoms. The lowest BCUT2D eigenvalue weighted by Crippen LogP contribution is -2.17. The van der Waals surface area contributed by atoms with Crippen molar-refractivity contribution in [2.24, 2.45) is 0 Å². The number of rotatable bonds is 10. The molecule has 1 N–H and O–H groups in total. The van der Waals surface area contributed by atoms with Gasteiger partial charge in [0.2, 0.25) is 0 Å². The molecule has 0 saturated heterocycles. The van der Waals surface area contributed by atoms with E-state index in [0.29, 0.717) is 30.0 Å². The van der Waals surface area contributed by atoms with Crippen molar-refractivity contribution in [2.75, 3.05) is 11.9 Å². The number of carbonyl (C=O) groups is 1. The molecule has 6 nitrogen and oxygen atoms in total. The van der Waals surface area contributed by atoms with E-state index in [4.69, 9.17) is 9.47 Å². The molecule has 3 rings (SSSR count). The van der Waals surface area contributed by atoms with Gasteiger partial charge < -0.3 is 19.5 Å². The van der Waals surface area contributed by atoms with Gasteiger partial charge in [0.05, 0.1) is 17.4 Å². The minimum atomic E-state index is -4.85. The Labute approximate surface area is 202 Å². The number of alkyl halides is 3. The van der Waals surface area contributed by atoms with Gasteiger partial charge in [-0.3, -0.25) is 9.78 Å². The Kier molecular flexibility index (Phi) is 8.70. The van der Waals surface area contributed by atoms with Gasteiger partial charge in [-0.15, -0.1) is 13.2 Å². The second-order valence-corrected chi connectivity index (χ2v) is 7.90. The first-order valence-corrected chi connectivity index (χ1v) is 11.2. The molecule has 35 heavy (non-hydrogen) atoms. The van der Waals surface area contributed by atoms with E-state index in [2.05, 4.69) is 15.0 Å². The maximum Gasteiger partial charge on any atom is 0.573 e. The van der Waals surface area contributed by atoms with Crippen LogP contribution in [0.3, 0.4) is 0 Å². The molecule has 9 heteroatoms. The van der Waals surface area contributed by atoms with Crippen LogP contribution in [-0.2, 0) is 11.2 Å². The Bertz CT molecular complexity index is 1150. The van der Waals surface area contributed by atoms with Crippen LogP contribution in [0.4, 0.5) is 18.9 Å². The molecule has 1 heterocycles. The third-order valence-corrected chi connectivity index (χ3v) is 4.89. The quantitative estimate of drug-likeness (QED) is 0.344. The lowest BCUT2D eigenvalue weighted by Gasteiger charge is -2.15. The summed E-state index contributed by atoms with van der Waals surface area (Å²) in [5.74, 6) is -0.714. The molecule has 0 radical (unpaired) electrons. The molecule has 1 aromatic heterocycles. The number of amides is 1. The van der Waals surface area contributed by atoms with Gasteiger partial charge in [-0.05, 0) is 56.7 Å². The zero-order chi connectivity index (χ0) is 25.4. The number of hydrogen-bond acceptors (Lipinski definition) is 5. The first kappa shape index (κ1) is 26.0. The van der Waals surface area contributed by atoms with Gasteiger partial charge in [0.1, 0.15) is 5.75 Å². The highest BCUT2D eigenvalue weighted by Crippen LogP contribution is 2.35. The molecule has 1 amide bonds. The fourth-order valence-corrected chi connectivity index (χ4v) is 3.35. The van der Waals surface area contributed by atoms with E-state index in [1.165, 1.54) is 24.3 Å². The van der Waals surface area contributed by atoms with Gasteiger partial charge in [0.15, 0.2) is 11.5 Å². The van der Waals surface area contributed by atoms with Gasteiger partial charge in [0.25, 0.3) is 5.91 Å². The molecular weight excluding hydrogens is 461 g/mol. The van der Waals surface area contributed by atoms with Gasteiger partial charge in [-0.2, -0.15) is 0 Å². The summed E-state index contributed by atoms with van der Waals surface area (Å²) in [6.07, 6.45) is -3.24. The number of benzene rings is 2. The fraction of sp³-hybridized carbons (Fsp3) is 0.308. The number of carbonyl (C=O) groups excluding carboxylic acids is 1. The number of ether oxygens (including phenoxy) is 3. The van der Waals surface area contributed by atoms with Crippen molar-refractivity contribution < 1.29 is 32.2 Å². The second-order valence-electron chi connectivity index (χ2n) is 7.90. The Morgan fingerprint density at radius 1 is 1.06 bits per heavy atom. The van der Waals surface area contributed by atoms with Crippen LogP contribution in [0.1, 0.15) is 42.0 Å². The van der Waals surface area contributed by atoms with Gasteiger partial charge in [-0.25, -0.2) is 0 Å². The Hall–Kier alpha value is -3.59. The van der Waals surface area contributed by atoms with Crippen molar-refractivity contribution in [1.29, 1.82) is 0 Å². The van der Waals surface area contributed by atoms with Crippen molar-refractivity contribution in [3.05, 3.63) is 77.6 Å². The molecule has 186 valence electrons. The zero-order valence-corrected chi connectivity index (χ0v) is 19.7. The largest absolute Gasteiger partial charge is 0.573 e. The molecule has 0 aliphatic carbocycles. The number of anilines is 1. The molecule has 0 saturated carbocycles. The summed E-state index contributed by atoms with van der Waals surface area (Å²) in [5, 5.41) is 2.77. The van der Waals surface area contributed by atoms with E-state index in [9.17, 15) is 18.0 Å². The number of para-hydroxylation sites is 2. The first-order chi connectivity index (χ1) is 16.6. The van der Waals surface area contributed by atoms with Crippen LogP contribution < -0.4 is 14.8 Å². The van der Waals surface area contributed by atoms with Crippen molar-refractivity contribution in [3.63, 3.8) is 0 Å². The summed E-state index contributed by atoms with van der Waals surface area (Å²) in [5.41, 5.74) is 2.23. The molecule has 0 spiro atoms. The Morgan fingerprint density at radius 2 is 1.80 bits per heavy atom. The minimum Gasteiger partial charge on any atom is -0.453 e. The molecular formula is C26H27F3N2O4. The van der Waals surface area contributed by atoms with Crippen molar-refractivity contribution in [2.45, 2.75) is 46.1 Å². The predicted octanol–water partition coefficient (Wildman–Crippen LogP) is 6.69. The second kappa shape index (κ2) is 11.7. The van der Waals surface area contributed by atoms with Crippen LogP contribution in [0, 0.1) is 6.92 Å². The van der Waals surface area contributed by atoms with E-state index in [1.807, 2.05) is 13.8 Å². The maximum absolute atomic E-state index is 12.8. The summed E-state index contributed by atoms with van der Waals surface area (Å²) in [7, 11) is 0. The molecule has 0 fully saturated rings. The number of aromatic nitrogens is 1. The van der Waals surface area contributed by atoms with Crippen LogP contribution >= 0.6 is 0 Å². The standard InChI is InChI=1S/C26H27F3N2O4/c1-4-14-33-17(2)15-20-12-13-22(18(3)30-20)25(32)31-19-8-7-9-21(16-19)34-23-10-5-6-11-24(23)35-26(27,28)29/h5-13,16-17H,4,14-15H2,1-3H3,(H,31,32). The van der Waals surface area contributed by atoms with E-state index in [-0.39, 0.29) is 23.5 Å². The summed E-state index contributed by atoms with van der Waals surface area (Å²) in [6, 6.07) is 15.3. The molecule has 0 aliphatic heterocycles. The van der Waals surface area contributed by atoms with Crippen molar-refractivity contribution in [3.8, 4) is 17.2 Å². The zero-order valence-electron chi connectivity index (χ0n) is 19.7. The molecule has 1 atom stereocenters. The lowest BCUT2D eigenvalue weighted by molar-refractivity contribution is -0.275. The average molecular weight is 489 g/mol. The fourth-order valence-electron chi connectivity index (χ4n) is 3.35. The van der Waals surface area contributed by atoms with E-state index in [0.717, 1.165) is 18.2 Å². The molecule has 2 aromatic carbocycles. The van der Waals surface area contributed by atoms with E-state index in [1.54, 1.807) is 37.3 Å². The summed E-state index contributed by atoms with van der Waals surface area (Å²) in [6.45, 7) is 6.47. The summed E-state index contributed by atoms with van der Waals surface area (Å²) in [4.78, 5) is 17.4.